The number of ether oxygens (including phenoxy) is 3. The Labute approximate surface area is 179 Å². The van der Waals surface area contributed by atoms with Crippen molar-refractivity contribution < 1.29 is 34.6 Å². The summed E-state index contributed by atoms with van der Waals surface area (Å²) in [6.45, 7) is -0.0299. The molecule has 0 radical (unpaired) electrons. The summed E-state index contributed by atoms with van der Waals surface area (Å²) in [7, 11) is 1.61. The van der Waals surface area contributed by atoms with Crippen LogP contribution in [-0.4, -0.2) is 65.2 Å². The lowest BCUT2D eigenvalue weighted by molar-refractivity contribution is -0.231. The summed E-state index contributed by atoms with van der Waals surface area (Å²) < 4.78 is 16.8. The van der Waals surface area contributed by atoms with Crippen LogP contribution in [0.3, 0.4) is 0 Å². The third-order valence-corrected chi connectivity index (χ3v) is 6.20. The second-order valence-electron chi connectivity index (χ2n) is 7.62. The molecule has 1 fully saturated rings. The molecule has 0 bridgehead atoms. The fourth-order valence-electron chi connectivity index (χ4n) is 4.12. The van der Waals surface area contributed by atoms with Crippen molar-refractivity contribution in [2.45, 2.75) is 43.4 Å². The molecule has 7 nitrogen and oxygen atoms in total. The van der Waals surface area contributed by atoms with E-state index >= 15 is 0 Å². The predicted octanol–water partition coefficient (Wildman–Crippen LogP) is 1.39. The fourth-order valence-corrected chi connectivity index (χ4v) is 4.41. The van der Waals surface area contributed by atoms with E-state index in [1.807, 2.05) is 30.3 Å². The van der Waals surface area contributed by atoms with E-state index in [1.54, 1.807) is 7.11 Å². The molecule has 0 aromatic heterocycles. The molecule has 0 amide bonds. The molecule has 5 atom stereocenters. The summed E-state index contributed by atoms with van der Waals surface area (Å²) in [6.07, 6.45) is -5.01. The zero-order chi connectivity index (χ0) is 21.4. The molecule has 4 rings (SSSR count). The number of benzene rings is 2. The van der Waals surface area contributed by atoms with Crippen LogP contribution in [0.1, 0.15) is 28.4 Å². The number of halogens is 1. The lowest BCUT2D eigenvalue weighted by Crippen LogP contribution is -2.55. The van der Waals surface area contributed by atoms with Crippen molar-refractivity contribution in [1.29, 1.82) is 0 Å². The van der Waals surface area contributed by atoms with Crippen molar-refractivity contribution in [3.8, 4) is 11.5 Å². The molecule has 162 valence electrons. The molecule has 2 aliphatic rings. The molecule has 5 unspecified atom stereocenters. The van der Waals surface area contributed by atoms with E-state index in [9.17, 15) is 20.4 Å². The van der Waals surface area contributed by atoms with Gasteiger partial charge in [0.25, 0.3) is 0 Å². The SMILES string of the molecule is COc1ccc(Cc2cc(C3OC(CO)C(O)C(O)C3O)c3c(c2Cl)OCC3)cc1. The zero-order valence-electron chi connectivity index (χ0n) is 16.5. The van der Waals surface area contributed by atoms with Gasteiger partial charge >= 0.3 is 0 Å². The highest BCUT2D eigenvalue weighted by atomic mass is 35.5. The maximum Gasteiger partial charge on any atom is 0.141 e. The predicted molar refractivity (Wildman–Crippen MR) is 109 cm³/mol. The first-order chi connectivity index (χ1) is 14.4. The van der Waals surface area contributed by atoms with Gasteiger partial charge in [0.1, 0.15) is 42.0 Å². The summed E-state index contributed by atoms with van der Waals surface area (Å²) in [5.74, 6) is 1.30. The Kier molecular flexibility index (Phi) is 6.20. The zero-order valence-corrected chi connectivity index (χ0v) is 17.2. The van der Waals surface area contributed by atoms with Gasteiger partial charge in [0.2, 0.25) is 0 Å². The number of rotatable bonds is 5. The van der Waals surface area contributed by atoms with Crippen LogP contribution in [0.4, 0.5) is 0 Å². The minimum atomic E-state index is -1.44. The molecule has 0 saturated carbocycles. The van der Waals surface area contributed by atoms with E-state index in [0.717, 1.165) is 22.4 Å². The van der Waals surface area contributed by atoms with Crippen molar-refractivity contribution in [3.05, 3.63) is 57.6 Å². The largest absolute Gasteiger partial charge is 0.497 e. The van der Waals surface area contributed by atoms with Gasteiger partial charge in [-0.25, -0.2) is 0 Å². The normalized spacial score (nSPS) is 28.1. The summed E-state index contributed by atoms with van der Waals surface area (Å²) in [5.41, 5.74) is 3.25. The van der Waals surface area contributed by atoms with Gasteiger partial charge in [-0.15, -0.1) is 0 Å². The average Bonchev–Trinajstić information content (AvgIpc) is 3.26. The van der Waals surface area contributed by atoms with Crippen LogP contribution in [0, 0.1) is 0 Å². The summed E-state index contributed by atoms with van der Waals surface area (Å²) >= 11 is 6.64. The van der Waals surface area contributed by atoms with Gasteiger partial charge < -0.3 is 34.6 Å². The third-order valence-electron chi connectivity index (χ3n) is 5.78. The lowest BCUT2D eigenvalue weighted by Gasteiger charge is -2.40. The number of hydrogen-bond acceptors (Lipinski definition) is 7. The van der Waals surface area contributed by atoms with E-state index in [0.29, 0.717) is 35.8 Å². The maximum absolute atomic E-state index is 10.6. The van der Waals surface area contributed by atoms with E-state index < -0.39 is 37.1 Å². The smallest absolute Gasteiger partial charge is 0.141 e. The van der Waals surface area contributed by atoms with E-state index in [2.05, 4.69) is 0 Å². The highest BCUT2D eigenvalue weighted by molar-refractivity contribution is 6.33. The average molecular weight is 437 g/mol. The minimum absolute atomic E-state index is 0.450. The highest BCUT2D eigenvalue weighted by Crippen LogP contribution is 2.44. The Hall–Kier alpha value is -1.87. The number of fused-ring (bicyclic) bond motifs is 1. The Morgan fingerprint density at radius 1 is 1.10 bits per heavy atom. The molecular formula is C22H25ClO7. The lowest BCUT2D eigenvalue weighted by atomic mass is 9.87. The van der Waals surface area contributed by atoms with Gasteiger partial charge in [0.15, 0.2) is 0 Å². The molecule has 2 aromatic carbocycles. The number of methoxy groups -OCH3 is 1. The summed E-state index contributed by atoms with van der Waals surface area (Å²) in [6, 6.07) is 9.47. The van der Waals surface area contributed by atoms with Crippen LogP contribution in [0.5, 0.6) is 11.5 Å². The first-order valence-electron chi connectivity index (χ1n) is 9.85. The second-order valence-corrected chi connectivity index (χ2v) is 8.00. The second kappa shape index (κ2) is 8.70. The van der Waals surface area contributed by atoms with Crippen molar-refractivity contribution in [2.24, 2.45) is 0 Å². The van der Waals surface area contributed by atoms with E-state index in [-0.39, 0.29) is 0 Å². The molecule has 2 aromatic rings. The van der Waals surface area contributed by atoms with E-state index in [1.165, 1.54) is 0 Å². The van der Waals surface area contributed by atoms with Gasteiger partial charge in [0, 0.05) is 12.0 Å². The summed E-state index contributed by atoms with van der Waals surface area (Å²) in [4.78, 5) is 0. The Balaban J connectivity index is 1.73. The Bertz CT molecular complexity index is 899. The molecule has 0 aliphatic carbocycles. The summed E-state index contributed by atoms with van der Waals surface area (Å²) in [5, 5.41) is 41.0. The van der Waals surface area contributed by atoms with Gasteiger partial charge in [-0.3, -0.25) is 0 Å². The van der Waals surface area contributed by atoms with Crippen LogP contribution >= 0.6 is 11.6 Å². The number of hydrogen-bond donors (Lipinski definition) is 4. The molecule has 0 spiro atoms. The van der Waals surface area contributed by atoms with Crippen molar-refractivity contribution >= 4 is 11.6 Å². The molecular weight excluding hydrogens is 412 g/mol. The molecule has 8 heteroatoms. The van der Waals surface area contributed by atoms with Crippen LogP contribution in [0.25, 0.3) is 0 Å². The quantitative estimate of drug-likeness (QED) is 0.561. The topological polar surface area (TPSA) is 109 Å². The molecule has 4 N–H and O–H groups in total. The van der Waals surface area contributed by atoms with Crippen molar-refractivity contribution in [1.82, 2.24) is 0 Å². The first kappa shape index (κ1) is 21.4. The molecule has 30 heavy (non-hydrogen) atoms. The van der Waals surface area contributed by atoms with Crippen molar-refractivity contribution in [2.75, 3.05) is 20.3 Å². The fraction of sp³-hybridized carbons (Fsp3) is 0.455. The van der Waals surface area contributed by atoms with Gasteiger partial charge in [-0.05, 0) is 35.2 Å². The number of aliphatic hydroxyl groups is 4. The van der Waals surface area contributed by atoms with Crippen LogP contribution < -0.4 is 9.47 Å². The molecule has 2 aliphatic heterocycles. The van der Waals surface area contributed by atoms with Crippen molar-refractivity contribution in [3.63, 3.8) is 0 Å². The van der Waals surface area contributed by atoms with Gasteiger partial charge in [0.05, 0.1) is 25.3 Å². The standard InChI is InChI=1S/C22H25ClO7/c1-28-13-4-2-11(3-5-13)8-12-9-15(14-6-7-29-21(14)17(12)23)22-20(27)19(26)18(25)16(10-24)30-22/h2-5,9,16,18-20,22,24-27H,6-8,10H2,1H3. The highest BCUT2D eigenvalue weighted by Gasteiger charge is 2.45. The van der Waals surface area contributed by atoms with Crippen LogP contribution in [0.15, 0.2) is 30.3 Å². The van der Waals surface area contributed by atoms with E-state index in [4.69, 9.17) is 25.8 Å². The van der Waals surface area contributed by atoms with Gasteiger partial charge in [-0.2, -0.15) is 0 Å². The Morgan fingerprint density at radius 2 is 1.83 bits per heavy atom. The minimum Gasteiger partial charge on any atom is -0.497 e. The monoisotopic (exact) mass is 436 g/mol. The first-order valence-corrected chi connectivity index (χ1v) is 10.2. The molecule has 1 saturated heterocycles. The van der Waals surface area contributed by atoms with Crippen LogP contribution in [-0.2, 0) is 17.6 Å². The molecule has 2 heterocycles. The Morgan fingerprint density at radius 3 is 2.50 bits per heavy atom. The number of aliphatic hydroxyl groups excluding tert-OH is 4. The third kappa shape index (κ3) is 3.77. The van der Waals surface area contributed by atoms with Gasteiger partial charge in [-0.1, -0.05) is 29.8 Å². The maximum atomic E-state index is 10.6. The van der Waals surface area contributed by atoms with Crippen LogP contribution in [0.2, 0.25) is 5.02 Å².